The highest BCUT2D eigenvalue weighted by Gasteiger charge is 2.28. The third kappa shape index (κ3) is 5.75. The molecule has 0 aliphatic rings. The lowest BCUT2D eigenvalue weighted by atomic mass is 10.2. The van der Waals surface area contributed by atoms with E-state index in [2.05, 4.69) is 20.4 Å². The van der Waals surface area contributed by atoms with Crippen molar-refractivity contribution in [1.82, 2.24) is 10.3 Å². The molecule has 0 spiro atoms. The first-order chi connectivity index (χ1) is 11.3. The zero-order valence-corrected chi connectivity index (χ0v) is 12.2. The smallest absolute Gasteiger partial charge is 0.422 e. The van der Waals surface area contributed by atoms with Crippen molar-refractivity contribution in [2.24, 2.45) is 0 Å². The molecule has 1 aromatic heterocycles. The van der Waals surface area contributed by atoms with Crippen LogP contribution in [-0.4, -0.2) is 23.8 Å². The van der Waals surface area contributed by atoms with E-state index < -0.39 is 24.6 Å². The van der Waals surface area contributed by atoms with Crippen LogP contribution in [0, 0.1) is 5.82 Å². The summed E-state index contributed by atoms with van der Waals surface area (Å²) in [5.74, 6) is -0.657. The van der Waals surface area contributed by atoms with Gasteiger partial charge in [-0.05, 0) is 12.1 Å². The Hall–Kier alpha value is -2.84. The molecule has 2 rings (SSSR count). The molecule has 0 unspecified atom stereocenters. The molecule has 0 radical (unpaired) electrons. The number of hydrogen-bond acceptors (Lipinski definition) is 3. The molecule has 0 saturated heterocycles. The summed E-state index contributed by atoms with van der Waals surface area (Å²) in [7, 11) is 0. The minimum absolute atomic E-state index is 0.0152. The Morgan fingerprint density at radius 2 is 1.92 bits per heavy atom. The van der Waals surface area contributed by atoms with Crippen LogP contribution >= 0.6 is 0 Å². The number of pyridine rings is 1. The van der Waals surface area contributed by atoms with Gasteiger partial charge in [-0.1, -0.05) is 18.2 Å². The highest BCUT2D eigenvalue weighted by atomic mass is 19.4. The standard InChI is InChI=1S/C15H13F4N3O2/c16-12-4-2-1-3-10(12)7-21-14(23)22-11-5-6-13(20-8-11)24-9-15(17,18)19/h1-6,8H,7,9H2,(H2,21,22,23). The molecule has 2 amide bonds. The zero-order valence-electron chi connectivity index (χ0n) is 12.2. The second-order valence-electron chi connectivity index (χ2n) is 4.69. The van der Waals surface area contributed by atoms with Crippen LogP contribution in [0.1, 0.15) is 5.56 Å². The molecule has 0 saturated carbocycles. The number of nitrogens with zero attached hydrogens (tertiary/aromatic N) is 1. The molecule has 2 aromatic rings. The van der Waals surface area contributed by atoms with Crippen molar-refractivity contribution in [3.63, 3.8) is 0 Å². The van der Waals surface area contributed by atoms with Crippen LogP contribution in [-0.2, 0) is 6.54 Å². The summed E-state index contributed by atoms with van der Waals surface area (Å²) >= 11 is 0. The number of ether oxygens (including phenoxy) is 1. The summed E-state index contributed by atoms with van der Waals surface area (Å²) in [6, 6.07) is 7.90. The maximum absolute atomic E-state index is 13.4. The number of urea groups is 1. The second kappa shape index (κ2) is 7.62. The van der Waals surface area contributed by atoms with Gasteiger partial charge in [0.15, 0.2) is 6.61 Å². The zero-order chi connectivity index (χ0) is 17.6. The number of alkyl halides is 3. The quantitative estimate of drug-likeness (QED) is 0.817. The number of amides is 2. The van der Waals surface area contributed by atoms with Gasteiger partial charge in [0.05, 0.1) is 11.9 Å². The van der Waals surface area contributed by atoms with Gasteiger partial charge < -0.3 is 15.4 Å². The van der Waals surface area contributed by atoms with Crippen LogP contribution in [0.2, 0.25) is 0 Å². The van der Waals surface area contributed by atoms with E-state index in [0.717, 1.165) is 6.20 Å². The van der Waals surface area contributed by atoms with Gasteiger partial charge in [-0.25, -0.2) is 14.2 Å². The molecule has 1 heterocycles. The fraction of sp³-hybridized carbons (Fsp3) is 0.200. The number of rotatable bonds is 5. The number of hydrogen-bond donors (Lipinski definition) is 2. The Kier molecular flexibility index (Phi) is 5.56. The fourth-order valence-electron chi connectivity index (χ4n) is 1.69. The van der Waals surface area contributed by atoms with E-state index in [1.165, 1.54) is 30.3 Å². The van der Waals surface area contributed by atoms with Gasteiger partial charge in [0, 0.05) is 18.2 Å². The predicted molar refractivity (Wildman–Crippen MR) is 78.0 cm³/mol. The Morgan fingerprint density at radius 3 is 2.54 bits per heavy atom. The summed E-state index contributed by atoms with van der Waals surface area (Å²) in [6.07, 6.45) is -3.31. The Bertz CT molecular complexity index is 690. The lowest BCUT2D eigenvalue weighted by molar-refractivity contribution is -0.154. The van der Waals surface area contributed by atoms with E-state index in [0.29, 0.717) is 5.56 Å². The van der Waals surface area contributed by atoms with Gasteiger partial charge in [-0.15, -0.1) is 0 Å². The monoisotopic (exact) mass is 343 g/mol. The molecule has 24 heavy (non-hydrogen) atoms. The Balaban J connectivity index is 1.82. The van der Waals surface area contributed by atoms with E-state index in [1.54, 1.807) is 6.07 Å². The van der Waals surface area contributed by atoms with Crippen LogP contribution in [0.4, 0.5) is 28.0 Å². The highest BCUT2D eigenvalue weighted by molar-refractivity contribution is 5.88. The summed E-state index contributed by atoms with van der Waals surface area (Å²) in [6.45, 7) is -1.46. The van der Waals surface area contributed by atoms with Crippen LogP contribution in [0.25, 0.3) is 0 Å². The van der Waals surface area contributed by atoms with Crippen LogP contribution in [0.15, 0.2) is 42.6 Å². The first-order valence-corrected chi connectivity index (χ1v) is 6.77. The molecule has 0 aliphatic carbocycles. The summed E-state index contributed by atoms with van der Waals surface area (Å²) in [5, 5.41) is 4.87. The SMILES string of the molecule is O=C(NCc1ccccc1F)Nc1ccc(OCC(F)(F)F)nc1. The fourth-order valence-corrected chi connectivity index (χ4v) is 1.69. The number of nitrogens with one attached hydrogen (secondary N) is 2. The van der Waals surface area contributed by atoms with E-state index in [4.69, 9.17) is 0 Å². The maximum Gasteiger partial charge on any atom is 0.422 e. The number of anilines is 1. The van der Waals surface area contributed by atoms with Gasteiger partial charge >= 0.3 is 12.2 Å². The average Bonchev–Trinajstić information content (AvgIpc) is 2.53. The van der Waals surface area contributed by atoms with E-state index >= 15 is 0 Å². The molecule has 128 valence electrons. The number of benzene rings is 1. The molecule has 9 heteroatoms. The minimum Gasteiger partial charge on any atom is -0.468 e. The van der Waals surface area contributed by atoms with Crippen LogP contribution in [0.3, 0.4) is 0 Å². The molecule has 0 atom stereocenters. The average molecular weight is 343 g/mol. The highest BCUT2D eigenvalue weighted by Crippen LogP contribution is 2.18. The molecule has 0 bridgehead atoms. The van der Waals surface area contributed by atoms with E-state index in [-0.39, 0.29) is 18.1 Å². The molecular formula is C15H13F4N3O2. The Labute approximate surface area is 134 Å². The molecule has 0 fully saturated rings. The molecule has 1 aromatic carbocycles. The van der Waals surface area contributed by atoms with E-state index in [1.807, 2.05) is 0 Å². The van der Waals surface area contributed by atoms with Crippen molar-refractivity contribution in [3.8, 4) is 5.88 Å². The van der Waals surface area contributed by atoms with Gasteiger partial charge in [-0.3, -0.25) is 0 Å². The van der Waals surface area contributed by atoms with Gasteiger partial charge in [0.2, 0.25) is 5.88 Å². The topological polar surface area (TPSA) is 63.2 Å². The van der Waals surface area contributed by atoms with Gasteiger partial charge in [0.25, 0.3) is 0 Å². The molecule has 2 N–H and O–H groups in total. The van der Waals surface area contributed by atoms with E-state index in [9.17, 15) is 22.4 Å². The Morgan fingerprint density at radius 1 is 1.17 bits per heavy atom. The van der Waals surface area contributed by atoms with Crippen molar-refractivity contribution in [1.29, 1.82) is 0 Å². The largest absolute Gasteiger partial charge is 0.468 e. The first kappa shape index (κ1) is 17.5. The number of carbonyl (C=O) groups is 1. The number of halogens is 4. The normalized spacial score (nSPS) is 11.0. The van der Waals surface area contributed by atoms with Gasteiger partial charge in [0.1, 0.15) is 5.82 Å². The van der Waals surface area contributed by atoms with Crippen LogP contribution < -0.4 is 15.4 Å². The van der Waals surface area contributed by atoms with Crippen molar-refractivity contribution in [3.05, 3.63) is 54.0 Å². The summed E-state index contributed by atoms with van der Waals surface area (Å²) in [4.78, 5) is 15.3. The summed E-state index contributed by atoms with van der Waals surface area (Å²) in [5.41, 5.74) is 0.571. The van der Waals surface area contributed by atoms with Gasteiger partial charge in [-0.2, -0.15) is 13.2 Å². The lowest BCUT2D eigenvalue weighted by Crippen LogP contribution is -2.28. The molecule has 5 nitrogen and oxygen atoms in total. The number of aromatic nitrogens is 1. The minimum atomic E-state index is -4.45. The molecule has 0 aliphatic heterocycles. The summed E-state index contributed by atoms with van der Waals surface area (Å²) < 4.78 is 53.8. The third-order valence-corrected chi connectivity index (χ3v) is 2.78. The maximum atomic E-state index is 13.4. The van der Waals surface area contributed by atoms with Crippen molar-refractivity contribution >= 4 is 11.7 Å². The predicted octanol–water partition coefficient (Wildman–Crippen LogP) is 3.48. The van der Waals surface area contributed by atoms with Crippen LogP contribution in [0.5, 0.6) is 5.88 Å². The van der Waals surface area contributed by atoms with Crippen molar-refractivity contribution < 1.29 is 27.1 Å². The lowest BCUT2D eigenvalue weighted by Gasteiger charge is -2.10. The number of carbonyl (C=O) groups excluding carboxylic acids is 1. The third-order valence-electron chi connectivity index (χ3n) is 2.78. The molecular weight excluding hydrogens is 330 g/mol. The van der Waals surface area contributed by atoms with Crippen molar-refractivity contribution in [2.75, 3.05) is 11.9 Å². The first-order valence-electron chi connectivity index (χ1n) is 6.77. The van der Waals surface area contributed by atoms with Crippen molar-refractivity contribution in [2.45, 2.75) is 12.7 Å². The second-order valence-corrected chi connectivity index (χ2v) is 4.69.